The third-order valence-corrected chi connectivity index (χ3v) is 5.37. The molecule has 110 valence electrons. The Morgan fingerprint density at radius 2 is 1.76 bits per heavy atom. The van der Waals surface area contributed by atoms with Gasteiger partial charge in [-0.05, 0) is 24.3 Å². The maximum atomic E-state index is 12.5. The van der Waals surface area contributed by atoms with Crippen LogP contribution in [0.15, 0.2) is 53.8 Å². The fraction of sp³-hybridized carbons (Fsp3) is 0.286. The number of rotatable bonds is 3. The molecule has 0 N–H and O–H groups in total. The molecule has 2 aromatic rings. The van der Waals surface area contributed by atoms with Crippen LogP contribution < -0.4 is 4.90 Å². The summed E-state index contributed by atoms with van der Waals surface area (Å²) in [6.45, 7) is 2.18. The number of hydrogen-bond donors (Lipinski definition) is 0. The van der Waals surface area contributed by atoms with E-state index in [-0.39, 0.29) is 4.90 Å². The molecule has 0 bridgehead atoms. The highest BCUT2D eigenvalue weighted by molar-refractivity contribution is 7.89. The van der Waals surface area contributed by atoms with Crippen LogP contribution in [-0.4, -0.2) is 48.9 Å². The molecular weight excluding hydrogens is 288 g/mol. The van der Waals surface area contributed by atoms with E-state index >= 15 is 0 Å². The first-order chi connectivity index (χ1) is 10.2. The van der Waals surface area contributed by atoms with Crippen molar-refractivity contribution in [3.05, 3.63) is 48.9 Å². The molecule has 0 atom stereocenters. The zero-order valence-electron chi connectivity index (χ0n) is 11.5. The van der Waals surface area contributed by atoms with E-state index in [0.29, 0.717) is 26.2 Å². The molecule has 1 fully saturated rings. The van der Waals surface area contributed by atoms with Crippen LogP contribution >= 0.6 is 0 Å². The van der Waals surface area contributed by atoms with Gasteiger partial charge in [0.25, 0.3) is 0 Å². The first-order valence-electron chi connectivity index (χ1n) is 6.74. The summed E-state index contributed by atoms with van der Waals surface area (Å²) in [6.07, 6.45) is 4.70. The lowest BCUT2D eigenvalue weighted by Crippen LogP contribution is -2.48. The Hall–Kier alpha value is -1.99. The van der Waals surface area contributed by atoms with Gasteiger partial charge >= 0.3 is 0 Å². The number of piperazine rings is 1. The molecule has 2 aromatic heterocycles. The van der Waals surface area contributed by atoms with Crippen LogP contribution in [0.25, 0.3) is 0 Å². The van der Waals surface area contributed by atoms with Crippen molar-refractivity contribution >= 4 is 15.8 Å². The van der Waals surface area contributed by atoms with Gasteiger partial charge in [-0.15, -0.1) is 0 Å². The Bertz CT molecular complexity index is 683. The largest absolute Gasteiger partial charge is 0.354 e. The van der Waals surface area contributed by atoms with E-state index in [2.05, 4.69) is 14.9 Å². The summed E-state index contributed by atoms with van der Waals surface area (Å²) in [5.74, 6) is 0.885. The number of aromatic nitrogens is 2. The predicted octanol–water partition coefficient (Wildman–Crippen LogP) is 0.988. The lowest BCUT2D eigenvalue weighted by molar-refractivity contribution is 0.383. The molecule has 3 heterocycles. The molecule has 0 spiro atoms. The number of hydrogen-bond acceptors (Lipinski definition) is 5. The maximum absolute atomic E-state index is 12.5. The third-order valence-electron chi connectivity index (χ3n) is 3.48. The number of anilines is 1. The zero-order chi connectivity index (χ0) is 14.7. The lowest BCUT2D eigenvalue weighted by atomic mass is 10.3. The predicted molar refractivity (Wildman–Crippen MR) is 79.4 cm³/mol. The smallest absolute Gasteiger partial charge is 0.244 e. The van der Waals surface area contributed by atoms with Gasteiger partial charge in [-0.2, -0.15) is 4.31 Å². The average molecular weight is 304 g/mol. The van der Waals surface area contributed by atoms with Gasteiger partial charge in [0.1, 0.15) is 10.7 Å². The number of pyridine rings is 2. The van der Waals surface area contributed by atoms with Gasteiger partial charge in [0.05, 0.1) is 0 Å². The summed E-state index contributed by atoms with van der Waals surface area (Å²) in [6, 6.07) is 8.95. The van der Waals surface area contributed by atoms with Crippen molar-refractivity contribution in [3.8, 4) is 0 Å². The highest BCUT2D eigenvalue weighted by Crippen LogP contribution is 2.18. The molecular formula is C14H16N4O2S. The summed E-state index contributed by atoms with van der Waals surface area (Å²) in [5.41, 5.74) is 0. The van der Waals surface area contributed by atoms with Crippen molar-refractivity contribution in [2.75, 3.05) is 31.1 Å². The van der Waals surface area contributed by atoms with E-state index in [1.807, 2.05) is 18.2 Å². The minimum Gasteiger partial charge on any atom is -0.354 e. The van der Waals surface area contributed by atoms with Crippen molar-refractivity contribution in [1.82, 2.24) is 14.3 Å². The normalized spacial score (nSPS) is 16.9. The van der Waals surface area contributed by atoms with Crippen molar-refractivity contribution in [3.63, 3.8) is 0 Å². The van der Waals surface area contributed by atoms with E-state index in [0.717, 1.165) is 5.82 Å². The van der Waals surface area contributed by atoms with Crippen molar-refractivity contribution in [1.29, 1.82) is 0 Å². The molecule has 0 radical (unpaired) electrons. The Morgan fingerprint density at radius 3 is 2.38 bits per heavy atom. The molecule has 0 saturated carbocycles. The van der Waals surface area contributed by atoms with Gasteiger partial charge in [0, 0.05) is 44.8 Å². The van der Waals surface area contributed by atoms with E-state index in [4.69, 9.17) is 0 Å². The van der Waals surface area contributed by atoms with Crippen LogP contribution in [0.1, 0.15) is 0 Å². The molecule has 7 heteroatoms. The molecule has 3 rings (SSSR count). The number of sulfonamides is 1. The lowest BCUT2D eigenvalue weighted by Gasteiger charge is -2.34. The quantitative estimate of drug-likeness (QED) is 0.846. The second-order valence-corrected chi connectivity index (χ2v) is 6.71. The highest BCUT2D eigenvalue weighted by Gasteiger charge is 2.28. The van der Waals surface area contributed by atoms with Gasteiger partial charge in [0.2, 0.25) is 10.0 Å². The van der Waals surface area contributed by atoms with E-state index in [1.54, 1.807) is 24.5 Å². The van der Waals surface area contributed by atoms with Crippen molar-refractivity contribution in [2.45, 2.75) is 4.90 Å². The average Bonchev–Trinajstić information content (AvgIpc) is 2.57. The van der Waals surface area contributed by atoms with E-state index in [9.17, 15) is 8.42 Å². The van der Waals surface area contributed by atoms with Crippen molar-refractivity contribution in [2.24, 2.45) is 0 Å². The van der Waals surface area contributed by atoms with Crippen LogP contribution in [0.4, 0.5) is 5.82 Å². The molecule has 0 unspecified atom stereocenters. The summed E-state index contributed by atoms with van der Waals surface area (Å²) in [5, 5.41) is 0. The minimum atomic E-state index is -3.44. The molecule has 1 aliphatic rings. The molecule has 1 aliphatic heterocycles. The van der Waals surface area contributed by atoms with Crippen LogP contribution in [0.5, 0.6) is 0 Å². The van der Waals surface area contributed by atoms with Gasteiger partial charge in [-0.1, -0.05) is 6.07 Å². The molecule has 21 heavy (non-hydrogen) atoms. The summed E-state index contributed by atoms with van der Waals surface area (Å²) >= 11 is 0. The summed E-state index contributed by atoms with van der Waals surface area (Å²) in [7, 11) is -3.44. The molecule has 6 nitrogen and oxygen atoms in total. The van der Waals surface area contributed by atoms with Crippen LogP contribution in [0, 0.1) is 0 Å². The Balaban J connectivity index is 1.72. The second kappa shape index (κ2) is 5.79. The van der Waals surface area contributed by atoms with Crippen molar-refractivity contribution < 1.29 is 8.42 Å². The molecule has 0 aliphatic carbocycles. The highest BCUT2D eigenvalue weighted by atomic mass is 32.2. The maximum Gasteiger partial charge on any atom is 0.244 e. The second-order valence-electron chi connectivity index (χ2n) is 4.77. The van der Waals surface area contributed by atoms with Crippen LogP contribution in [-0.2, 0) is 10.0 Å². The van der Waals surface area contributed by atoms with Gasteiger partial charge in [-0.3, -0.25) is 4.98 Å². The third kappa shape index (κ3) is 2.88. The SMILES string of the molecule is O=S(=O)(c1cccnc1)N1CCN(c2ccccn2)CC1. The fourth-order valence-corrected chi connectivity index (χ4v) is 3.73. The zero-order valence-corrected chi connectivity index (χ0v) is 12.3. The van der Waals surface area contributed by atoms with Gasteiger partial charge in [0.15, 0.2) is 0 Å². The van der Waals surface area contributed by atoms with Gasteiger partial charge in [-0.25, -0.2) is 13.4 Å². The summed E-state index contributed by atoms with van der Waals surface area (Å²) < 4.78 is 26.5. The van der Waals surface area contributed by atoms with Crippen LogP contribution in [0.3, 0.4) is 0 Å². The fourth-order valence-electron chi connectivity index (χ4n) is 2.35. The molecule has 0 amide bonds. The first-order valence-corrected chi connectivity index (χ1v) is 8.18. The minimum absolute atomic E-state index is 0.247. The topological polar surface area (TPSA) is 66.4 Å². The Labute approximate surface area is 124 Å². The molecule has 0 aromatic carbocycles. The summed E-state index contributed by atoms with van der Waals surface area (Å²) in [4.78, 5) is 10.5. The standard InChI is InChI=1S/C14H16N4O2S/c19-21(20,13-4-3-6-15-12-13)18-10-8-17(9-11-18)14-5-1-2-7-16-14/h1-7,12H,8-11H2. The Kier molecular flexibility index (Phi) is 3.85. The first kappa shape index (κ1) is 14.0. The number of nitrogens with zero attached hydrogens (tertiary/aromatic N) is 4. The molecule has 1 saturated heterocycles. The van der Waals surface area contributed by atoms with Gasteiger partial charge < -0.3 is 4.90 Å². The van der Waals surface area contributed by atoms with E-state index < -0.39 is 10.0 Å². The Morgan fingerprint density at radius 1 is 0.952 bits per heavy atom. The monoisotopic (exact) mass is 304 g/mol. The van der Waals surface area contributed by atoms with Crippen LogP contribution in [0.2, 0.25) is 0 Å². The van der Waals surface area contributed by atoms with E-state index in [1.165, 1.54) is 10.5 Å².